The molecule has 3 nitrogen and oxygen atoms in total. The molecule has 20 heavy (non-hydrogen) atoms. The van der Waals surface area contributed by atoms with E-state index in [0.717, 1.165) is 29.8 Å². The summed E-state index contributed by atoms with van der Waals surface area (Å²) >= 11 is 1.63. The second-order valence-electron chi connectivity index (χ2n) is 5.43. The van der Waals surface area contributed by atoms with Crippen LogP contribution in [0.4, 0.5) is 5.69 Å². The Kier molecular flexibility index (Phi) is 5.77. The number of thioether (sulfide) groups is 1. The van der Waals surface area contributed by atoms with E-state index in [4.69, 9.17) is 5.73 Å². The lowest BCUT2D eigenvalue weighted by molar-refractivity contribution is -0.121. The Morgan fingerprint density at radius 2 is 1.95 bits per heavy atom. The van der Waals surface area contributed by atoms with Crippen LogP contribution in [0, 0.1) is 0 Å². The van der Waals surface area contributed by atoms with Gasteiger partial charge in [0.05, 0.1) is 5.25 Å². The van der Waals surface area contributed by atoms with Crippen LogP contribution in [0.1, 0.15) is 45.4 Å². The fourth-order valence-electron chi connectivity index (χ4n) is 2.57. The Morgan fingerprint density at radius 3 is 2.55 bits per heavy atom. The first-order chi connectivity index (χ1) is 9.69. The first-order valence-corrected chi connectivity index (χ1v) is 8.39. The number of rotatable bonds is 5. The van der Waals surface area contributed by atoms with Crippen molar-refractivity contribution in [3.8, 4) is 0 Å². The lowest BCUT2D eigenvalue weighted by Gasteiger charge is -2.25. The van der Waals surface area contributed by atoms with Crippen molar-refractivity contribution in [1.29, 1.82) is 0 Å². The molecule has 0 heterocycles. The van der Waals surface area contributed by atoms with E-state index in [9.17, 15) is 4.79 Å². The summed E-state index contributed by atoms with van der Waals surface area (Å²) in [4.78, 5) is 13.5. The molecule has 1 aliphatic carbocycles. The molecule has 1 aromatic carbocycles. The number of hydrogen-bond donors (Lipinski definition) is 2. The predicted octanol–water partition coefficient (Wildman–Crippen LogP) is 3.59. The topological polar surface area (TPSA) is 55.1 Å². The number of amides is 1. The van der Waals surface area contributed by atoms with Gasteiger partial charge in [-0.25, -0.2) is 0 Å². The van der Waals surface area contributed by atoms with Crippen LogP contribution in [0.25, 0.3) is 0 Å². The molecule has 0 saturated heterocycles. The molecule has 1 fully saturated rings. The third kappa shape index (κ3) is 4.44. The molecule has 110 valence electrons. The summed E-state index contributed by atoms with van der Waals surface area (Å²) in [5, 5.41) is 3.20. The molecule has 1 saturated carbocycles. The lowest BCUT2D eigenvalue weighted by Crippen LogP contribution is -2.41. The lowest BCUT2D eigenvalue weighted by atomic mass is 9.95. The smallest absolute Gasteiger partial charge is 0.233 e. The largest absolute Gasteiger partial charge is 0.399 e. The maximum atomic E-state index is 12.4. The van der Waals surface area contributed by atoms with Gasteiger partial charge in [0.15, 0.2) is 0 Å². The van der Waals surface area contributed by atoms with E-state index in [0.29, 0.717) is 6.04 Å². The van der Waals surface area contributed by atoms with E-state index in [1.807, 2.05) is 24.3 Å². The van der Waals surface area contributed by atoms with Gasteiger partial charge in [-0.3, -0.25) is 4.79 Å². The normalized spacial score (nSPS) is 17.6. The molecule has 0 aromatic heterocycles. The number of carbonyl (C=O) groups is 1. The minimum absolute atomic E-state index is 0.0134. The second kappa shape index (κ2) is 7.58. The van der Waals surface area contributed by atoms with Crippen molar-refractivity contribution >= 4 is 23.4 Å². The highest BCUT2D eigenvalue weighted by atomic mass is 32.2. The van der Waals surface area contributed by atoms with Gasteiger partial charge in [0, 0.05) is 16.6 Å². The number of nitrogens with one attached hydrogen (secondary N) is 1. The standard InChI is InChI=1S/C16H24N2OS/c1-2-15(20-14-10-8-12(17)9-11-14)16(19)18-13-6-4-3-5-7-13/h8-11,13,15H,2-7,17H2,1H3,(H,18,19). The van der Waals surface area contributed by atoms with Crippen LogP contribution in [0.3, 0.4) is 0 Å². The molecule has 1 amide bonds. The second-order valence-corrected chi connectivity index (χ2v) is 6.70. The molecule has 0 bridgehead atoms. The number of nitrogens with two attached hydrogens (primary N) is 1. The summed E-state index contributed by atoms with van der Waals surface area (Å²) in [6.45, 7) is 2.06. The summed E-state index contributed by atoms with van der Waals surface area (Å²) in [6, 6.07) is 8.12. The molecule has 1 unspecified atom stereocenters. The van der Waals surface area contributed by atoms with Gasteiger partial charge in [-0.05, 0) is 43.5 Å². The number of benzene rings is 1. The van der Waals surface area contributed by atoms with Crippen LogP contribution in [0.2, 0.25) is 0 Å². The number of anilines is 1. The molecular weight excluding hydrogens is 268 g/mol. The molecule has 0 aliphatic heterocycles. The average Bonchev–Trinajstić information content (AvgIpc) is 2.47. The fraction of sp³-hybridized carbons (Fsp3) is 0.562. The Morgan fingerprint density at radius 1 is 1.30 bits per heavy atom. The Bertz CT molecular complexity index is 427. The molecular formula is C16H24N2OS. The molecule has 4 heteroatoms. The highest BCUT2D eigenvalue weighted by Crippen LogP contribution is 2.27. The highest BCUT2D eigenvalue weighted by Gasteiger charge is 2.22. The first-order valence-electron chi connectivity index (χ1n) is 7.51. The van der Waals surface area contributed by atoms with Gasteiger partial charge in [0.1, 0.15) is 0 Å². The van der Waals surface area contributed by atoms with Crippen molar-refractivity contribution in [1.82, 2.24) is 5.32 Å². The van der Waals surface area contributed by atoms with E-state index in [-0.39, 0.29) is 11.2 Å². The van der Waals surface area contributed by atoms with Crippen LogP contribution in [-0.4, -0.2) is 17.2 Å². The van der Waals surface area contributed by atoms with Crippen LogP contribution in [-0.2, 0) is 4.79 Å². The maximum absolute atomic E-state index is 12.4. The summed E-state index contributed by atoms with van der Waals surface area (Å²) in [5.74, 6) is 0.182. The third-order valence-corrected chi connectivity index (χ3v) is 5.15. The van der Waals surface area contributed by atoms with Gasteiger partial charge in [0.2, 0.25) is 5.91 Å². The van der Waals surface area contributed by atoms with Crippen molar-refractivity contribution in [3.05, 3.63) is 24.3 Å². The quantitative estimate of drug-likeness (QED) is 0.644. The Labute approximate surface area is 125 Å². The monoisotopic (exact) mass is 292 g/mol. The SMILES string of the molecule is CCC(Sc1ccc(N)cc1)C(=O)NC1CCCCC1. The number of carbonyl (C=O) groups excluding carboxylic acids is 1. The van der Waals surface area contributed by atoms with E-state index in [2.05, 4.69) is 12.2 Å². The van der Waals surface area contributed by atoms with E-state index in [1.165, 1.54) is 19.3 Å². The molecule has 0 radical (unpaired) electrons. The van der Waals surface area contributed by atoms with Crippen molar-refractivity contribution < 1.29 is 4.79 Å². The van der Waals surface area contributed by atoms with Crippen molar-refractivity contribution in [3.63, 3.8) is 0 Å². The van der Waals surface area contributed by atoms with Gasteiger partial charge in [-0.2, -0.15) is 0 Å². The molecule has 1 aliphatic rings. The fourth-order valence-corrected chi connectivity index (χ4v) is 3.54. The highest BCUT2D eigenvalue weighted by molar-refractivity contribution is 8.00. The molecule has 0 spiro atoms. The summed E-state index contributed by atoms with van der Waals surface area (Å²) < 4.78 is 0. The Balaban J connectivity index is 1.89. The van der Waals surface area contributed by atoms with Crippen LogP contribution in [0.5, 0.6) is 0 Å². The minimum Gasteiger partial charge on any atom is -0.399 e. The average molecular weight is 292 g/mol. The minimum atomic E-state index is -0.0134. The summed E-state index contributed by atoms with van der Waals surface area (Å²) in [5.41, 5.74) is 6.44. The summed E-state index contributed by atoms with van der Waals surface area (Å²) in [7, 11) is 0. The van der Waals surface area contributed by atoms with Crippen LogP contribution in [0.15, 0.2) is 29.2 Å². The van der Waals surface area contributed by atoms with Gasteiger partial charge in [0.25, 0.3) is 0 Å². The molecule has 3 N–H and O–H groups in total. The van der Waals surface area contributed by atoms with Crippen molar-refractivity contribution in [2.75, 3.05) is 5.73 Å². The first kappa shape index (κ1) is 15.2. The van der Waals surface area contributed by atoms with Crippen molar-refractivity contribution in [2.24, 2.45) is 0 Å². The number of hydrogen-bond acceptors (Lipinski definition) is 3. The van der Waals surface area contributed by atoms with Crippen LogP contribution < -0.4 is 11.1 Å². The third-order valence-electron chi connectivity index (χ3n) is 3.77. The predicted molar refractivity (Wildman–Crippen MR) is 85.8 cm³/mol. The van der Waals surface area contributed by atoms with Gasteiger partial charge in [-0.1, -0.05) is 26.2 Å². The van der Waals surface area contributed by atoms with Crippen molar-refractivity contribution in [2.45, 2.75) is 61.6 Å². The van der Waals surface area contributed by atoms with Gasteiger partial charge in [-0.15, -0.1) is 11.8 Å². The summed E-state index contributed by atoms with van der Waals surface area (Å²) in [6.07, 6.45) is 6.90. The maximum Gasteiger partial charge on any atom is 0.233 e. The molecule has 2 rings (SSSR count). The van der Waals surface area contributed by atoms with Gasteiger partial charge < -0.3 is 11.1 Å². The van der Waals surface area contributed by atoms with E-state index >= 15 is 0 Å². The van der Waals surface area contributed by atoms with E-state index in [1.54, 1.807) is 11.8 Å². The molecule has 1 aromatic rings. The van der Waals surface area contributed by atoms with Crippen LogP contribution >= 0.6 is 11.8 Å². The molecule has 1 atom stereocenters. The zero-order valence-corrected chi connectivity index (χ0v) is 12.9. The zero-order chi connectivity index (χ0) is 14.4. The van der Waals surface area contributed by atoms with E-state index < -0.39 is 0 Å². The number of nitrogen functional groups attached to an aromatic ring is 1. The Hall–Kier alpha value is -1.16. The zero-order valence-electron chi connectivity index (χ0n) is 12.1. The van der Waals surface area contributed by atoms with Gasteiger partial charge >= 0.3 is 0 Å².